The Hall–Kier alpha value is 4.20. The predicted octanol–water partition coefficient (Wildman–Crippen LogP) is 7.61. The second-order valence-electron chi connectivity index (χ2n) is 7.04. The molecule has 0 heterocycles. The van der Waals surface area contributed by atoms with Gasteiger partial charge in [-0.2, -0.15) is 146 Å². The molecule has 4 atom stereocenters. The maximum Gasteiger partial charge on any atom is 0.0304 e. The molecule has 0 N–H and O–H groups in total. The summed E-state index contributed by atoms with van der Waals surface area (Å²) in [5.74, 6) is 15.2. The maximum absolute atomic E-state index is 4.58. The average molecular weight is 681 g/mol. The molecule has 0 aromatic heterocycles. The van der Waals surface area contributed by atoms with Crippen molar-refractivity contribution in [3.63, 3.8) is 0 Å². The van der Waals surface area contributed by atoms with E-state index in [0.29, 0.717) is 21.0 Å². The first-order chi connectivity index (χ1) is 16.2. The molecule has 0 nitrogen and oxygen atoms in total. The van der Waals surface area contributed by atoms with Crippen molar-refractivity contribution >= 4 is 146 Å². The summed E-state index contributed by atoms with van der Waals surface area (Å²) >= 11 is 39.9. The zero-order valence-corrected chi connectivity index (χ0v) is 29.7. The van der Waals surface area contributed by atoms with E-state index in [1.807, 2.05) is 0 Å². The van der Waals surface area contributed by atoms with Crippen molar-refractivity contribution in [2.75, 3.05) is 80.5 Å². The fourth-order valence-electron chi connectivity index (χ4n) is 2.91. The minimum absolute atomic E-state index is 0.623. The van der Waals surface area contributed by atoms with Gasteiger partial charge in [-0.25, -0.2) is 0 Å². The van der Waals surface area contributed by atoms with Crippen LogP contribution in [0.2, 0.25) is 0 Å². The number of thioether (sulfide) groups is 6. The zero-order chi connectivity index (χ0) is 24.6. The third kappa shape index (κ3) is 20.7. The first-order valence-corrected chi connectivity index (χ1v) is 21.8. The van der Waals surface area contributed by atoms with Crippen LogP contribution < -0.4 is 0 Å². The Morgan fingerprint density at radius 1 is 0.394 bits per heavy atom. The molecule has 0 radical (unpaired) electrons. The van der Waals surface area contributed by atoms with Gasteiger partial charge in [-0.1, -0.05) is 0 Å². The molecule has 0 aromatic carbocycles. The smallest absolute Gasteiger partial charge is 0.0304 e. The molecule has 0 aliphatic rings. The molecule has 0 saturated carbocycles. The van der Waals surface area contributed by atoms with Crippen molar-refractivity contribution in [3.8, 4) is 0 Å². The van der Waals surface area contributed by atoms with Crippen molar-refractivity contribution in [1.82, 2.24) is 0 Å². The van der Waals surface area contributed by atoms with E-state index in [0.717, 1.165) is 51.8 Å². The van der Waals surface area contributed by atoms with Gasteiger partial charge in [0.15, 0.2) is 0 Å². The Balaban J connectivity index is 5.74. The van der Waals surface area contributed by atoms with E-state index >= 15 is 0 Å². The Labute approximate surface area is 264 Å². The van der Waals surface area contributed by atoms with E-state index in [9.17, 15) is 0 Å². The molecule has 0 amide bonds. The Bertz CT molecular complexity index is 390. The van der Waals surface area contributed by atoms with Crippen LogP contribution in [-0.4, -0.2) is 102 Å². The highest BCUT2D eigenvalue weighted by Gasteiger charge is 2.36. The molecule has 200 valence electrons. The molecule has 0 fully saturated rings. The third-order valence-electron chi connectivity index (χ3n) is 4.38. The topological polar surface area (TPSA) is 0 Å². The molecule has 0 rings (SSSR count). The van der Waals surface area contributed by atoms with Gasteiger partial charge in [0, 0.05) is 49.8 Å². The van der Waals surface area contributed by atoms with E-state index in [2.05, 4.69) is 146 Å². The highest BCUT2D eigenvalue weighted by molar-refractivity contribution is 8.08. The van der Waals surface area contributed by atoms with E-state index < -0.39 is 0 Å². The Morgan fingerprint density at radius 3 is 1.30 bits per heavy atom. The van der Waals surface area contributed by atoms with E-state index in [1.165, 1.54) is 48.0 Å². The Kier molecular flexibility index (Phi) is 32.9. The summed E-state index contributed by atoms with van der Waals surface area (Å²) < 4.78 is 0. The third-order valence-corrected chi connectivity index (χ3v) is 15.8. The summed E-state index contributed by atoms with van der Waals surface area (Å²) in [6.07, 6.45) is 3.56. The lowest BCUT2D eigenvalue weighted by Crippen LogP contribution is -2.41. The van der Waals surface area contributed by atoms with E-state index in [4.69, 9.17) is 0 Å². The zero-order valence-electron chi connectivity index (χ0n) is 19.5. The summed E-state index contributed by atoms with van der Waals surface area (Å²) in [7, 11) is 0. The van der Waals surface area contributed by atoms with Crippen molar-refractivity contribution in [2.45, 2.75) is 40.3 Å². The number of hydrogen-bond donors (Lipinski definition) is 6. The summed E-state index contributed by atoms with van der Waals surface area (Å²) in [5.41, 5.74) is 0. The van der Waals surface area contributed by atoms with Crippen LogP contribution in [-0.2, 0) is 0 Å². The van der Waals surface area contributed by atoms with Crippen molar-refractivity contribution in [1.29, 1.82) is 0 Å². The average Bonchev–Trinajstić information content (AvgIpc) is 2.82. The standard InChI is InChI=1S/C21H44S12/c22-4-1-10-28-16-18(30-11-2-5-23)20(32-12-3-6-24)21(33-15-9-27)19(31-14-8-26)17-29-13-7-25/h18-27H,1-17H2. The molecular formula is C21H44S12. The van der Waals surface area contributed by atoms with Crippen LogP contribution in [0.1, 0.15) is 19.3 Å². The number of thiol groups is 6. The molecule has 12 heteroatoms. The van der Waals surface area contributed by atoms with Gasteiger partial charge in [-0.3, -0.25) is 0 Å². The SMILES string of the molecule is SCCCSCC(SCCCS)C(SCCCS)C(SCCS)C(CSCCS)SCCS. The second kappa shape index (κ2) is 29.2. The summed E-state index contributed by atoms with van der Waals surface area (Å²) in [6, 6.07) is 0. The van der Waals surface area contributed by atoms with E-state index in [-0.39, 0.29) is 0 Å². The molecule has 0 aliphatic carbocycles. The fraction of sp³-hybridized carbons (Fsp3) is 1.00. The van der Waals surface area contributed by atoms with Crippen LogP contribution >= 0.6 is 146 Å². The minimum atomic E-state index is 0.623. The van der Waals surface area contributed by atoms with Gasteiger partial charge >= 0.3 is 0 Å². The van der Waals surface area contributed by atoms with Gasteiger partial charge in [-0.15, -0.1) is 0 Å². The molecule has 0 spiro atoms. The highest BCUT2D eigenvalue weighted by Crippen LogP contribution is 2.41. The van der Waals surface area contributed by atoms with Gasteiger partial charge < -0.3 is 0 Å². The van der Waals surface area contributed by atoms with Crippen LogP contribution in [0, 0.1) is 0 Å². The van der Waals surface area contributed by atoms with Crippen LogP contribution in [0.3, 0.4) is 0 Å². The number of hydrogen-bond acceptors (Lipinski definition) is 12. The van der Waals surface area contributed by atoms with Crippen LogP contribution in [0.15, 0.2) is 0 Å². The van der Waals surface area contributed by atoms with Crippen molar-refractivity contribution in [2.24, 2.45) is 0 Å². The monoisotopic (exact) mass is 680 g/mol. The first kappa shape index (κ1) is 37.2. The number of rotatable bonds is 26. The quantitative estimate of drug-likeness (QED) is 0.0409. The molecule has 33 heavy (non-hydrogen) atoms. The van der Waals surface area contributed by atoms with Crippen molar-refractivity contribution < 1.29 is 0 Å². The van der Waals surface area contributed by atoms with Crippen LogP contribution in [0.25, 0.3) is 0 Å². The van der Waals surface area contributed by atoms with Gasteiger partial charge in [0.25, 0.3) is 0 Å². The van der Waals surface area contributed by atoms with Crippen LogP contribution in [0.5, 0.6) is 0 Å². The Morgan fingerprint density at radius 2 is 0.788 bits per heavy atom. The molecule has 0 aromatic rings. The van der Waals surface area contributed by atoms with Crippen LogP contribution in [0.4, 0.5) is 0 Å². The lowest BCUT2D eigenvalue weighted by atomic mass is 10.2. The summed E-state index contributed by atoms with van der Waals surface area (Å²) in [4.78, 5) is 0. The maximum atomic E-state index is 4.58. The molecule has 4 unspecified atom stereocenters. The van der Waals surface area contributed by atoms with Gasteiger partial charge in [0.2, 0.25) is 0 Å². The van der Waals surface area contributed by atoms with Gasteiger partial charge in [-0.05, 0) is 71.0 Å². The van der Waals surface area contributed by atoms with Gasteiger partial charge in [0.05, 0.1) is 0 Å². The highest BCUT2D eigenvalue weighted by atomic mass is 32.2. The summed E-state index contributed by atoms with van der Waals surface area (Å²) in [5, 5.41) is 2.55. The minimum Gasteiger partial charge on any atom is -0.179 e. The summed E-state index contributed by atoms with van der Waals surface area (Å²) in [6.45, 7) is 0. The van der Waals surface area contributed by atoms with Gasteiger partial charge in [0.1, 0.15) is 0 Å². The van der Waals surface area contributed by atoms with E-state index in [1.54, 1.807) is 0 Å². The molecule has 0 saturated heterocycles. The lowest BCUT2D eigenvalue weighted by Gasteiger charge is -2.37. The molecular weight excluding hydrogens is 637 g/mol. The fourth-order valence-corrected chi connectivity index (χ4v) is 14.0. The molecule has 0 bridgehead atoms. The predicted molar refractivity (Wildman–Crippen MR) is 197 cm³/mol. The largest absolute Gasteiger partial charge is 0.179 e. The van der Waals surface area contributed by atoms with Crippen molar-refractivity contribution in [3.05, 3.63) is 0 Å². The lowest BCUT2D eigenvalue weighted by molar-refractivity contribution is 0.767. The molecule has 0 aliphatic heterocycles. The normalized spacial score (nSPS) is 15.5. The second-order valence-corrected chi connectivity index (χ2v) is 17.3. The first-order valence-electron chi connectivity index (χ1n) is 11.5.